The van der Waals surface area contributed by atoms with Crippen LogP contribution in [-0.2, 0) is 9.47 Å². The first-order valence-electron chi connectivity index (χ1n) is 17.2. The normalized spacial score (nSPS) is 21.0. The summed E-state index contributed by atoms with van der Waals surface area (Å²) in [5.41, 5.74) is 10.1. The Balaban J connectivity index is 1.02. The van der Waals surface area contributed by atoms with Crippen molar-refractivity contribution in [3.63, 3.8) is 0 Å². The molecule has 4 aliphatic heterocycles. The number of benzene rings is 2. The van der Waals surface area contributed by atoms with Crippen LogP contribution in [0.3, 0.4) is 0 Å². The summed E-state index contributed by atoms with van der Waals surface area (Å²) < 4.78 is 34.7. The first-order chi connectivity index (χ1) is 24.6. The van der Waals surface area contributed by atoms with Gasteiger partial charge in [0.1, 0.15) is 0 Å². The Labute approximate surface area is 298 Å². The minimum atomic E-state index is -0.402. The van der Waals surface area contributed by atoms with Gasteiger partial charge in [-0.25, -0.2) is 0 Å². The van der Waals surface area contributed by atoms with Crippen LogP contribution in [0.15, 0.2) is 66.0 Å². The Morgan fingerprint density at radius 1 is 0.922 bits per heavy atom. The maximum Gasteiger partial charge on any atom is 0.257 e. The maximum atomic E-state index is 13.9. The van der Waals surface area contributed by atoms with Crippen LogP contribution in [0.5, 0.6) is 23.0 Å². The lowest BCUT2D eigenvalue weighted by molar-refractivity contribution is -0.0279. The van der Waals surface area contributed by atoms with Crippen molar-refractivity contribution >= 4 is 29.4 Å². The van der Waals surface area contributed by atoms with E-state index < -0.39 is 6.23 Å². The van der Waals surface area contributed by atoms with Crippen LogP contribution in [0.1, 0.15) is 52.8 Å². The molecule has 3 atom stereocenters. The van der Waals surface area contributed by atoms with Gasteiger partial charge in [0.25, 0.3) is 11.8 Å². The Hall–Kier alpha value is -5.17. The first kappa shape index (κ1) is 35.6. The average Bonchev–Trinajstić information content (AvgIpc) is 3.85. The number of carbonyl (C=O) groups is 2. The van der Waals surface area contributed by atoms with Crippen molar-refractivity contribution in [1.82, 2.24) is 14.7 Å². The molecule has 0 radical (unpaired) electrons. The van der Waals surface area contributed by atoms with E-state index in [1.807, 2.05) is 11.1 Å². The molecule has 0 aromatic heterocycles. The highest BCUT2D eigenvalue weighted by molar-refractivity contribution is 6.04. The predicted molar refractivity (Wildman–Crippen MR) is 193 cm³/mol. The topological polar surface area (TPSA) is 138 Å². The number of nitrogen functional groups attached to an aromatic ring is 1. The minimum Gasteiger partial charge on any atom is -0.493 e. The zero-order valence-corrected chi connectivity index (χ0v) is 29.7. The lowest BCUT2D eigenvalue weighted by Gasteiger charge is -2.34. The van der Waals surface area contributed by atoms with Crippen molar-refractivity contribution in [2.45, 2.75) is 50.4 Å². The number of nitrogens with two attached hydrogens (primary N) is 1. The van der Waals surface area contributed by atoms with E-state index in [2.05, 4.69) is 24.7 Å². The number of rotatable bonds is 14. The molecule has 3 fully saturated rings. The summed E-state index contributed by atoms with van der Waals surface area (Å²) in [6.45, 7) is 15.1. The SMILES string of the molecule is C=C1C[C@H]2C=Nc3cc(OCCCCCOc4cc(N)c(C(=O)N5CC(=C)C[C@H]5C5OCCN5C(=C)OC)cc4OC)c(OC)cc3C(=O)N2C1. The van der Waals surface area contributed by atoms with E-state index >= 15 is 0 Å². The number of aliphatic imine (C=N–C) groups is 1. The molecule has 0 saturated carbocycles. The molecular formula is C38H47N5O8. The van der Waals surface area contributed by atoms with Crippen LogP contribution in [0, 0.1) is 0 Å². The Morgan fingerprint density at radius 2 is 1.61 bits per heavy atom. The molecule has 2 aromatic carbocycles. The molecule has 51 heavy (non-hydrogen) atoms. The molecule has 0 bridgehead atoms. The second-order valence-corrected chi connectivity index (χ2v) is 13.1. The van der Waals surface area contributed by atoms with E-state index in [1.54, 1.807) is 48.3 Å². The fourth-order valence-electron chi connectivity index (χ4n) is 7.04. The van der Waals surface area contributed by atoms with E-state index in [0.29, 0.717) is 91.6 Å². The molecular weight excluding hydrogens is 654 g/mol. The van der Waals surface area contributed by atoms with Crippen molar-refractivity contribution in [2.24, 2.45) is 4.99 Å². The van der Waals surface area contributed by atoms with Crippen molar-refractivity contribution in [2.75, 3.05) is 66.5 Å². The predicted octanol–water partition coefficient (Wildman–Crippen LogP) is 4.95. The van der Waals surface area contributed by atoms with Gasteiger partial charge < -0.3 is 48.9 Å². The van der Waals surface area contributed by atoms with E-state index in [0.717, 1.165) is 36.8 Å². The highest BCUT2D eigenvalue weighted by atomic mass is 16.5. The third kappa shape index (κ3) is 7.34. The van der Waals surface area contributed by atoms with E-state index in [-0.39, 0.29) is 29.6 Å². The summed E-state index contributed by atoms with van der Waals surface area (Å²) in [6.07, 6.45) is 5.07. The highest BCUT2D eigenvalue weighted by Gasteiger charge is 2.43. The molecule has 3 saturated heterocycles. The van der Waals surface area contributed by atoms with Gasteiger partial charge in [0, 0.05) is 43.7 Å². The molecule has 4 aliphatic rings. The molecule has 6 rings (SSSR count). The van der Waals surface area contributed by atoms with Gasteiger partial charge in [-0.05, 0) is 50.8 Å². The summed E-state index contributed by atoms with van der Waals surface area (Å²) in [5, 5.41) is 0. The third-order valence-electron chi connectivity index (χ3n) is 9.69. The van der Waals surface area contributed by atoms with E-state index in [1.165, 1.54) is 7.11 Å². The third-order valence-corrected chi connectivity index (χ3v) is 9.69. The fourth-order valence-corrected chi connectivity index (χ4v) is 7.04. The molecule has 4 heterocycles. The molecule has 2 amide bonds. The number of unbranched alkanes of at least 4 members (excludes halogenated alkanes) is 2. The van der Waals surface area contributed by atoms with Gasteiger partial charge in [-0.1, -0.05) is 24.3 Å². The number of ether oxygens (including phenoxy) is 6. The lowest BCUT2D eigenvalue weighted by Crippen LogP contribution is -2.48. The Morgan fingerprint density at radius 3 is 2.31 bits per heavy atom. The number of likely N-dealkylation sites (tertiary alicyclic amines) is 1. The fraction of sp³-hybridized carbons (Fsp3) is 0.447. The summed E-state index contributed by atoms with van der Waals surface area (Å²) in [4.78, 5) is 37.2. The quantitative estimate of drug-likeness (QED) is 0.125. The molecule has 13 heteroatoms. The summed E-state index contributed by atoms with van der Waals surface area (Å²) in [7, 11) is 4.65. The monoisotopic (exact) mass is 701 g/mol. The van der Waals surface area contributed by atoms with Gasteiger partial charge in [-0.2, -0.15) is 0 Å². The van der Waals surface area contributed by atoms with Crippen LogP contribution < -0.4 is 24.7 Å². The van der Waals surface area contributed by atoms with Crippen LogP contribution in [0.25, 0.3) is 0 Å². The number of carbonyl (C=O) groups excluding carboxylic acids is 2. The second kappa shape index (κ2) is 15.4. The van der Waals surface area contributed by atoms with Gasteiger partial charge in [0.05, 0.1) is 70.0 Å². The van der Waals surface area contributed by atoms with Gasteiger partial charge in [0.15, 0.2) is 35.1 Å². The van der Waals surface area contributed by atoms with E-state index in [4.69, 9.17) is 34.2 Å². The number of methoxy groups -OCH3 is 3. The van der Waals surface area contributed by atoms with Crippen LogP contribution in [0.2, 0.25) is 0 Å². The Kier molecular flexibility index (Phi) is 10.8. The van der Waals surface area contributed by atoms with Crippen LogP contribution in [-0.4, -0.2) is 112 Å². The number of hydrogen-bond acceptors (Lipinski definition) is 11. The average molecular weight is 702 g/mol. The smallest absolute Gasteiger partial charge is 0.257 e. The molecule has 0 aliphatic carbocycles. The summed E-state index contributed by atoms with van der Waals surface area (Å²) in [6, 6.07) is 6.38. The maximum absolute atomic E-state index is 13.9. The molecule has 272 valence electrons. The zero-order valence-electron chi connectivity index (χ0n) is 29.7. The van der Waals surface area contributed by atoms with Crippen LogP contribution in [0.4, 0.5) is 11.4 Å². The molecule has 2 N–H and O–H groups in total. The molecule has 13 nitrogen and oxygen atoms in total. The molecule has 2 aromatic rings. The van der Waals surface area contributed by atoms with Gasteiger partial charge in [-0.3, -0.25) is 14.6 Å². The van der Waals surface area contributed by atoms with E-state index in [9.17, 15) is 9.59 Å². The lowest BCUT2D eigenvalue weighted by atomic mass is 10.1. The first-order valence-corrected chi connectivity index (χ1v) is 17.2. The van der Waals surface area contributed by atoms with Gasteiger partial charge in [-0.15, -0.1) is 0 Å². The Bertz CT molecular complexity index is 1740. The minimum absolute atomic E-state index is 0.0814. The summed E-state index contributed by atoms with van der Waals surface area (Å²) in [5.74, 6) is 2.06. The highest BCUT2D eigenvalue weighted by Crippen LogP contribution is 2.39. The number of amides is 2. The second-order valence-electron chi connectivity index (χ2n) is 13.1. The van der Waals surface area contributed by atoms with Crippen molar-refractivity contribution in [3.8, 4) is 23.0 Å². The zero-order chi connectivity index (χ0) is 36.2. The number of anilines is 1. The van der Waals surface area contributed by atoms with Crippen LogP contribution >= 0.6 is 0 Å². The van der Waals surface area contributed by atoms with Crippen molar-refractivity contribution < 1.29 is 38.0 Å². The standard InChI is InChI=1S/C38H47N5O8/c1-23-14-26-20-40-30-19-35(33(48-6)17-28(30)37(45)42(26)21-23)50-12-9-7-8-11-49-34-18-29(39)27(16-32(34)47-5)36(44)43-22-24(2)15-31(43)38-41(10-13-51-38)25(3)46-4/h16-20,26,31,38H,1-3,7-15,21-22,39H2,4-6H3/t26-,31-,38?/m0/s1. The molecule has 1 unspecified atom stereocenters. The van der Waals surface area contributed by atoms with Crippen molar-refractivity contribution in [3.05, 3.63) is 72.2 Å². The summed E-state index contributed by atoms with van der Waals surface area (Å²) >= 11 is 0. The number of nitrogens with zero attached hydrogens (tertiary/aromatic N) is 4. The van der Waals surface area contributed by atoms with Crippen molar-refractivity contribution in [1.29, 1.82) is 0 Å². The largest absolute Gasteiger partial charge is 0.493 e. The molecule has 0 spiro atoms. The number of hydrogen-bond donors (Lipinski definition) is 1. The number of fused-ring (bicyclic) bond motifs is 2. The van der Waals surface area contributed by atoms with Gasteiger partial charge >= 0.3 is 0 Å². The van der Waals surface area contributed by atoms with Gasteiger partial charge in [0.2, 0.25) is 0 Å².